The lowest BCUT2D eigenvalue weighted by Gasteiger charge is -2.20. The Balaban J connectivity index is 1.72. The summed E-state index contributed by atoms with van der Waals surface area (Å²) in [7, 11) is 1.70. The summed E-state index contributed by atoms with van der Waals surface area (Å²) in [6, 6.07) is 24.6. The van der Waals surface area contributed by atoms with Gasteiger partial charge in [0, 0.05) is 19.2 Å². The molecule has 0 bridgehead atoms. The lowest BCUT2D eigenvalue weighted by Crippen LogP contribution is -2.31. The van der Waals surface area contributed by atoms with Crippen LogP contribution in [0.5, 0.6) is 0 Å². The van der Waals surface area contributed by atoms with E-state index >= 15 is 0 Å². The molecular formula is C24H24N2O2. The second-order valence-electron chi connectivity index (χ2n) is 6.74. The number of hydrogen-bond acceptors (Lipinski definition) is 2. The topological polar surface area (TPSA) is 49.4 Å². The Kier molecular flexibility index (Phi) is 6.22. The van der Waals surface area contributed by atoms with Crippen LogP contribution >= 0.6 is 0 Å². The zero-order valence-corrected chi connectivity index (χ0v) is 16.2. The molecule has 2 amide bonds. The molecule has 0 heterocycles. The molecule has 1 N–H and O–H groups in total. The molecule has 0 aliphatic heterocycles. The van der Waals surface area contributed by atoms with E-state index in [0.29, 0.717) is 23.4 Å². The fourth-order valence-corrected chi connectivity index (χ4v) is 3.10. The van der Waals surface area contributed by atoms with Gasteiger partial charge in [-0.1, -0.05) is 60.2 Å². The number of carbonyl (C=O) groups is 2. The normalized spacial score (nSPS) is 10.4. The summed E-state index contributed by atoms with van der Waals surface area (Å²) in [5.74, 6) is -0.330. The minimum absolute atomic E-state index is 0.145. The number of rotatable bonds is 6. The fraction of sp³-hybridized carbons (Fsp3) is 0.167. The fourth-order valence-electron chi connectivity index (χ4n) is 3.10. The molecule has 0 aromatic heterocycles. The molecule has 0 saturated heterocycles. The van der Waals surface area contributed by atoms with Crippen molar-refractivity contribution in [2.75, 3.05) is 18.5 Å². The van der Waals surface area contributed by atoms with Gasteiger partial charge in [-0.05, 0) is 43.2 Å². The molecule has 0 unspecified atom stereocenters. The molecule has 4 heteroatoms. The van der Waals surface area contributed by atoms with E-state index in [1.165, 1.54) is 10.5 Å². The Hall–Kier alpha value is -3.40. The summed E-state index contributed by atoms with van der Waals surface area (Å²) < 4.78 is 0. The molecule has 4 nitrogen and oxygen atoms in total. The minimum atomic E-state index is -0.185. The van der Waals surface area contributed by atoms with Gasteiger partial charge >= 0.3 is 0 Å². The summed E-state index contributed by atoms with van der Waals surface area (Å²) in [6.07, 6.45) is 0.757. The van der Waals surface area contributed by atoms with E-state index < -0.39 is 0 Å². The van der Waals surface area contributed by atoms with Crippen LogP contribution in [0.1, 0.15) is 31.8 Å². The first-order chi connectivity index (χ1) is 13.6. The summed E-state index contributed by atoms with van der Waals surface area (Å²) >= 11 is 0. The van der Waals surface area contributed by atoms with Crippen molar-refractivity contribution in [3.63, 3.8) is 0 Å². The number of nitrogens with zero attached hydrogens (tertiary/aromatic N) is 1. The van der Waals surface area contributed by atoms with Gasteiger partial charge in [0.05, 0.1) is 11.3 Å². The predicted octanol–water partition coefficient (Wildman–Crippen LogP) is 4.24. The van der Waals surface area contributed by atoms with Crippen LogP contribution in [-0.2, 0) is 6.42 Å². The zero-order valence-electron chi connectivity index (χ0n) is 16.2. The molecule has 0 radical (unpaired) electrons. The second kappa shape index (κ2) is 9.00. The Morgan fingerprint density at radius 2 is 1.61 bits per heavy atom. The maximum absolute atomic E-state index is 12.9. The van der Waals surface area contributed by atoms with Crippen molar-refractivity contribution in [3.8, 4) is 0 Å². The van der Waals surface area contributed by atoms with Gasteiger partial charge in [0.1, 0.15) is 0 Å². The van der Waals surface area contributed by atoms with Crippen LogP contribution in [0.25, 0.3) is 0 Å². The summed E-state index contributed by atoms with van der Waals surface area (Å²) in [6.45, 7) is 2.48. The van der Waals surface area contributed by atoms with E-state index in [1.54, 1.807) is 31.3 Å². The molecule has 3 aromatic carbocycles. The molecule has 0 fully saturated rings. The number of anilines is 1. The van der Waals surface area contributed by atoms with Crippen molar-refractivity contribution in [3.05, 3.63) is 101 Å². The third-order valence-electron chi connectivity index (χ3n) is 4.62. The van der Waals surface area contributed by atoms with E-state index in [4.69, 9.17) is 0 Å². The van der Waals surface area contributed by atoms with Gasteiger partial charge in [0.2, 0.25) is 0 Å². The van der Waals surface area contributed by atoms with Crippen molar-refractivity contribution in [1.29, 1.82) is 0 Å². The first-order valence-electron chi connectivity index (χ1n) is 9.32. The molecule has 0 spiro atoms. The maximum atomic E-state index is 12.9. The molecule has 142 valence electrons. The highest BCUT2D eigenvalue weighted by Crippen LogP contribution is 2.21. The first kappa shape index (κ1) is 19.4. The third-order valence-corrected chi connectivity index (χ3v) is 4.62. The van der Waals surface area contributed by atoms with Crippen LogP contribution in [0.15, 0.2) is 78.9 Å². The van der Waals surface area contributed by atoms with Crippen molar-refractivity contribution >= 4 is 17.5 Å². The van der Waals surface area contributed by atoms with E-state index in [0.717, 1.165) is 12.0 Å². The van der Waals surface area contributed by atoms with Gasteiger partial charge in [-0.25, -0.2) is 0 Å². The molecule has 3 rings (SSSR count). The van der Waals surface area contributed by atoms with Crippen LogP contribution in [-0.4, -0.2) is 25.4 Å². The molecule has 3 aromatic rings. The largest absolute Gasteiger partial charge is 0.352 e. The SMILES string of the molecule is Cc1cccc(C(=O)N(C)c2ccccc2C(=O)NCCc2ccccc2)c1. The van der Waals surface area contributed by atoms with Crippen LogP contribution in [0.4, 0.5) is 5.69 Å². The van der Waals surface area contributed by atoms with Gasteiger partial charge in [-0.2, -0.15) is 0 Å². The highest BCUT2D eigenvalue weighted by Gasteiger charge is 2.19. The van der Waals surface area contributed by atoms with Gasteiger partial charge in [-0.3, -0.25) is 9.59 Å². The van der Waals surface area contributed by atoms with Gasteiger partial charge < -0.3 is 10.2 Å². The molecule has 0 saturated carbocycles. The van der Waals surface area contributed by atoms with Gasteiger partial charge in [0.25, 0.3) is 11.8 Å². The second-order valence-corrected chi connectivity index (χ2v) is 6.74. The number of hydrogen-bond donors (Lipinski definition) is 1. The van der Waals surface area contributed by atoms with Crippen LogP contribution in [0.2, 0.25) is 0 Å². The summed E-state index contributed by atoms with van der Waals surface area (Å²) in [5, 5.41) is 2.95. The summed E-state index contributed by atoms with van der Waals surface area (Å²) in [4.78, 5) is 27.1. The number of nitrogens with one attached hydrogen (secondary N) is 1. The lowest BCUT2D eigenvalue weighted by atomic mass is 10.1. The van der Waals surface area contributed by atoms with E-state index in [9.17, 15) is 9.59 Å². The Morgan fingerprint density at radius 3 is 2.36 bits per heavy atom. The monoisotopic (exact) mass is 372 g/mol. The third kappa shape index (κ3) is 4.65. The van der Waals surface area contributed by atoms with Gasteiger partial charge in [-0.15, -0.1) is 0 Å². The number of carbonyl (C=O) groups excluding carboxylic acids is 2. The zero-order chi connectivity index (χ0) is 19.9. The quantitative estimate of drug-likeness (QED) is 0.703. The highest BCUT2D eigenvalue weighted by molar-refractivity contribution is 6.10. The number of amides is 2. The Bertz CT molecular complexity index is 967. The average molecular weight is 372 g/mol. The van der Waals surface area contributed by atoms with Crippen molar-refractivity contribution in [1.82, 2.24) is 5.32 Å². The first-order valence-corrected chi connectivity index (χ1v) is 9.32. The number of para-hydroxylation sites is 1. The molecular weight excluding hydrogens is 348 g/mol. The highest BCUT2D eigenvalue weighted by atomic mass is 16.2. The molecule has 28 heavy (non-hydrogen) atoms. The molecule has 0 atom stereocenters. The van der Waals surface area contributed by atoms with Crippen molar-refractivity contribution in [2.24, 2.45) is 0 Å². The predicted molar refractivity (Wildman–Crippen MR) is 113 cm³/mol. The Morgan fingerprint density at radius 1 is 0.893 bits per heavy atom. The van der Waals surface area contributed by atoms with E-state index in [1.807, 2.05) is 61.5 Å². The Labute approximate surface area is 165 Å². The molecule has 0 aliphatic rings. The molecule has 0 aliphatic carbocycles. The number of aryl methyl sites for hydroxylation is 1. The van der Waals surface area contributed by atoms with Crippen LogP contribution in [0, 0.1) is 6.92 Å². The van der Waals surface area contributed by atoms with Gasteiger partial charge in [0.15, 0.2) is 0 Å². The van der Waals surface area contributed by atoms with E-state index in [-0.39, 0.29) is 11.8 Å². The standard InChI is InChI=1S/C24H24N2O2/c1-18-9-8-12-20(17-18)24(28)26(2)22-14-7-6-13-21(22)23(27)25-16-15-19-10-4-3-5-11-19/h3-14,17H,15-16H2,1-2H3,(H,25,27). The smallest absolute Gasteiger partial charge is 0.258 e. The lowest BCUT2D eigenvalue weighted by molar-refractivity contribution is 0.0954. The van der Waals surface area contributed by atoms with Crippen molar-refractivity contribution < 1.29 is 9.59 Å². The van der Waals surface area contributed by atoms with E-state index in [2.05, 4.69) is 5.32 Å². The average Bonchev–Trinajstić information content (AvgIpc) is 2.73. The minimum Gasteiger partial charge on any atom is -0.352 e. The van der Waals surface area contributed by atoms with Crippen LogP contribution in [0.3, 0.4) is 0 Å². The van der Waals surface area contributed by atoms with Crippen molar-refractivity contribution in [2.45, 2.75) is 13.3 Å². The maximum Gasteiger partial charge on any atom is 0.258 e. The summed E-state index contributed by atoms with van der Waals surface area (Å²) in [5.41, 5.74) is 3.86. The van der Waals surface area contributed by atoms with Crippen LogP contribution < -0.4 is 10.2 Å². The number of benzene rings is 3.